The van der Waals surface area contributed by atoms with Gasteiger partial charge in [-0.1, -0.05) is 45.4 Å². The summed E-state index contributed by atoms with van der Waals surface area (Å²) in [6.45, 7) is 4.39. The average molecular weight is 481 g/mol. The zero-order valence-corrected chi connectivity index (χ0v) is 18.4. The number of nitrogens with one attached hydrogen (secondary N) is 1. The smallest absolute Gasteiger partial charge is 0.234 e. The molecule has 0 saturated heterocycles. The highest BCUT2D eigenvalue weighted by Crippen LogP contribution is 2.26. The van der Waals surface area contributed by atoms with Gasteiger partial charge in [0.15, 0.2) is 5.16 Å². The highest BCUT2D eigenvalue weighted by atomic mass is 79.9. The highest BCUT2D eigenvalue weighted by molar-refractivity contribution is 9.10. The van der Waals surface area contributed by atoms with Crippen LogP contribution in [0.25, 0.3) is 0 Å². The maximum absolute atomic E-state index is 12.3. The third-order valence-corrected chi connectivity index (χ3v) is 5.81. The number of aromatic nitrogens is 4. The van der Waals surface area contributed by atoms with E-state index < -0.39 is 0 Å². The van der Waals surface area contributed by atoms with Crippen LogP contribution >= 0.6 is 39.3 Å². The van der Waals surface area contributed by atoms with Crippen molar-refractivity contribution in [2.45, 2.75) is 18.1 Å². The summed E-state index contributed by atoms with van der Waals surface area (Å²) in [4.78, 5) is 12.3. The molecule has 2 heterocycles. The highest BCUT2D eigenvalue weighted by Gasteiger charge is 2.15. The standard InChI is InChI=1S/C19H19BrClN5OS/c1-3-8-26-17(11-14-5-4-9-25(14)2)23-24-19(26)28-12-18(27)22-16-7-6-13(20)10-15(16)21/h3-7,9-10H,1,8,11-12H2,2H3,(H,22,27). The van der Waals surface area contributed by atoms with E-state index >= 15 is 0 Å². The molecule has 28 heavy (non-hydrogen) atoms. The van der Waals surface area contributed by atoms with Crippen molar-refractivity contribution in [3.05, 3.63) is 70.2 Å². The van der Waals surface area contributed by atoms with Crippen molar-refractivity contribution in [1.29, 1.82) is 0 Å². The summed E-state index contributed by atoms with van der Waals surface area (Å²) in [5, 5.41) is 12.5. The third-order valence-electron chi connectivity index (χ3n) is 4.03. The quantitative estimate of drug-likeness (QED) is 0.380. The van der Waals surface area contributed by atoms with Crippen molar-refractivity contribution >= 4 is 50.9 Å². The lowest BCUT2D eigenvalue weighted by Crippen LogP contribution is -2.15. The molecule has 0 spiro atoms. The van der Waals surface area contributed by atoms with Gasteiger partial charge >= 0.3 is 0 Å². The maximum atomic E-state index is 12.3. The predicted octanol–water partition coefficient (Wildman–Crippen LogP) is 4.54. The Kier molecular flexibility index (Phi) is 6.98. The fourth-order valence-corrected chi connectivity index (χ4v) is 4.11. The number of halogens is 2. The minimum atomic E-state index is -0.161. The molecule has 0 saturated carbocycles. The number of hydrogen-bond acceptors (Lipinski definition) is 4. The Morgan fingerprint density at radius 1 is 1.39 bits per heavy atom. The number of hydrogen-bond donors (Lipinski definition) is 1. The molecule has 6 nitrogen and oxygen atoms in total. The molecule has 0 radical (unpaired) electrons. The summed E-state index contributed by atoms with van der Waals surface area (Å²) in [6.07, 6.45) is 4.45. The van der Waals surface area contributed by atoms with E-state index in [2.05, 4.69) is 48.7 Å². The number of thioether (sulfide) groups is 1. The SMILES string of the molecule is C=CCn1c(Cc2cccn2C)nnc1SCC(=O)Nc1ccc(Br)cc1Cl. The van der Waals surface area contributed by atoms with Crippen LogP contribution in [0.3, 0.4) is 0 Å². The van der Waals surface area contributed by atoms with Crippen LogP contribution in [0.15, 0.2) is 58.8 Å². The second-order valence-electron chi connectivity index (χ2n) is 6.05. The Morgan fingerprint density at radius 3 is 2.89 bits per heavy atom. The molecule has 1 N–H and O–H groups in total. The molecule has 1 aromatic carbocycles. The van der Waals surface area contributed by atoms with E-state index in [0.29, 0.717) is 28.8 Å². The number of carbonyl (C=O) groups excluding carboxylic acids is 1. The van der Waals surface area contributed by atoms with E-state index in [1.807, 2.05) is 29.9 Å². The van der Waals surface area contributed by atoms with Gasteiger partial charge in [-0.25, -0.2) is 0 Å². The molecule has 146 valence electrons. The summed E-state index contributed by atoms with van der Waals surface area (Å²) in [7, 11) is 2.00. The van der Waals surface area contributed by atoms with Gasteiger partial charge in [-0.2, -0.15) is 0 Å². The average Bonchev–Trinajstić information content (AvgIpc) is 3.23. The monoisotopic (exact) mass is 479 g/mol. The number of benzene rings is 1. The minimum absolute atomic E-state index is 0.161. The molecule has 0 atom stereocenters. The van der Waals surface area contributed by atoms with Crippen molar-refractivity contribution < 1.29 is 4.79 Å². The van der Waals surface area contributed by atoms with Crippen LogP contribution in [0.4, 0.5) is 5.69 Å². The first-order valence-electron chi connectivity index (χ1n) is 8.49. The normalized spacial score (nSPS) is 10.8. The zero-order chi connectivity index (χ0) is 20.1. The van der Waals surface area contributed by atoms with Crippen molar-refractivity contribution in [3.8, 4) is 0 Å². The molecule has 1 amide bonds. The van der Waals surface area contributed by atoms with E-state index in [4.69, 9.17) is 11.6 Å². The lowest BCUT2D eigenvalue weighted by molar-refractivity contribution is -0.113. The second-order valence-corrected chi connectivity index (χ2v) is 8.31. The van der Waals surface area contributed by atoms with Gasteiger partial charge in [-0.05, 0) is 30.3 Å². The van der Waals surface area contributed by atoms with Crippen molar-refractivity contribution in [2.24, 2.45) is 7.05 Å². The molecule has 3 rings (SSSR count). The minimum Gasteiger partial charge on any atom is -0.354 e. The number of amides is 1. The van der Waals surface area contributed by atoms with Gasteiger partial charge in [0, 0.05) is 36.4 Å². The van der Waals surface area contributed by atoms with Gasteiger partial charge in [-0.3, -0.25) is 4.79 Å². The Bertz CT molecular complexity index is 1000. The molecule has 0 aliphatic carbocycles. The number of nitrogens with zero attached hydrogens (tertiary/aromatic N) is 4. The van der Waals surface area contributed by atoms with Gasteiger partial charge in [0.1, 0.15) is 5.82 Å². The van der Waals surface area contributed by atoms with E-state index in [0.717, 1.165) is 16.0 Å². The van der Waals surface area contributed by atoms with Crippen molar-refractivity contribution in [2.75, 3.05) is 11.1 Å². The molecule has 3 aromatic rings. The van der Waals surface area contributed by atoms with E-state index in [9.17, 15) is 4.79 Å². The van der Waals surface area contributed by atoms with Crippen LogP contribution in [0.1, 0.15) is 11.5 Å². The Hall–Kier alpha value is -2.03. The number of rotatable bonds is 8. The molecule has 0 aliphatic rings. The first kappa shape index (κ1) is 20.7. The molecule has 0 aliphatic heterocycles. The molecule has 0 bridgehead atoms. The summed E-state index contributed by atoms with van der Waals surface area (Å²) < 4.78 is 4.88. The summed E-state index contributed by atoms with van der Waals surface area (Å²) in [5.41, 5.74) is 1.71. The molecular weight excluding hydrogens is 462 g/mol. The van der Waals surface area contributed by atoms with Crippen LogP contribution in [0.5, 0.6) is 0 Å². The van der Waals surface area contributed by atoms with Gasteiger partial charge in [-0.15, -0.1) is 16.8 Å². The first-order chi connectivity index (χ1) is 13.5. The zero-order valence-electron chi connectivity index (χ0n) is 15.2. The van der Waals surface area contributed by atoms with Crippen LogP contribution in [-0.4, -0.2) is 31.0 Å². The van der Waals surface area contributed by atoms with Crippen LogP contribution in [-0.2, 0) is 24.8 Å². The van der Waals surface area contributed by atoms with Gasteiger partial charge in [0.25, 0.3) is 0 Å². The van der Waals surface area contributed by atoms with Gasteiger partial charge in [0.05, 0.1) is 16.5 Å². The summed E-state index contributed by atoms with van der Waals surface area (Å²) in [6, 6.07) is 9.37. The molecule has 0 fully saturated rings. The molecule has 9 heteroatoms. The van der Waals surface area contributed by atoms with E-state index in [1.54, 1.807) is 18.2 Å². The van der Waals surface area contributed by atoms with E-state index in [-0.39, 0.29) is 11.7 Å². The number of allylic oxidation sites excluding steroid dienone is 1. The van der Waals surface area contributed by atoms with Crippen LogP contribution < -0.4 is 5.32 Å². The van der Waals surface area contributed by atoms with Gasteiger partial charge < -0.3 is 14.5 Å². The molecule has 2 aromatic heterocycles. The number of aryl methyl sites for hydroxylation is 1. The van der Waals surface area contributed by atoms with Crippen molar-refractivity contribution in [1.82, 2.24) is 19.3 Å². The fourth-order valence-electron chi connectivity index (χ4n) is 2.62. The lowest BCUT2D eigenvalue weighted by atomic mass is 10.3. The Balaban J connectivity index is 1.67. The topological polar surface area (TPSA) is 64.7 Å². The Morgan fingerprint density at radius 2 is 2.21 bits per heavy atom. The van der Waals surface area contributed by atoms with Crippen LogP contribution in [0, 0.1) is 0 Å². The lowest BCUT2D eigenvalue weighted by Gasteiger charge is -2.09. The van der Waals surface area contributed by atoms with Gasteiger partial charge in [0.2, 0.25) is 5.91 Å². The summed E-state index contributed by atoms with van der Waals surface area (Å²) >= 11 is 10.8. The third kappa shape index (κ3) is 5.06. The largest absolute Gasteiger partial charge is 0.354 e. The Labute approximate surface area is 181 Å². The second kappa shape index (κ2) is 9.45. The molecular formula is C19H19BrClN5OS. The number of carbonyl (C=O) groups is 1. The molecule has 0 unspecified atom stereocenters. The fraction of sp³-hybridized carbons (Fsp3) is 0.211. The summed E-state index contributed by atoms with van der Waals surface area (Å²) in [5.74, 6) is 0.873. The number of anilines is 1. The first-order valence-corrected chi connectivity index (χ1v) is 10.6. The van der Waals surface area contributed by atoms with Crippen LogP contribution in [0.2, 0.25) is 5.02 Å². The van der Waals surface area contributed by atoms with E-state index in [1.165, 1.54) is 11.8 Å². The predicted molar refractivity (Wildman–Crippen MR) is 117 cm³/mol. The maximum Gasteiger partial charge on any atom is 0.234 e. The van der Waals surface area contributed by atoms with Crippen molar-refractivity contribution in [3.63, 3.8) is 0 Å².